The molecule has 0 radical (unpaired) electrons. The third kappa shape index (κ3) is 3.57. The van der Waals surface area contributed by atoms with E-state index in [2.05, 4.69) is 4.98 Å². The molecule has 4 nitrogen and oxygen atoms in total. The fraction of sp³-hybridized carbons (Fsp3) is 0.0455. The molecular weight excluding hydrogens is 395 g/mol. The molecule has 0 N–H and O–H groups in total. The quantitative estimate of drug-likeness (QED) is 0.412. The highest BCUT2D eigenvalue weighted by Crippen LogP contribution is 2.21. The lowest BCUT2D eigenvalue weighted by molar-refractivity contribution is 0.0968. The number of aromatic nitrogens is 2. The Balaban J connectivity index is 1.77. The number of ketones is 2. The summed E-state index contributed by atoms with van der Waals surface area (Å²) in [4.78, 5) is 30.3. The zero-order valence-corrected chi connectivity index (χ0v) is 16.1. The number of rotatable bonds is 5. The van der Waals surface area contributed by atoms with E-state index in [1.165, 1.54) is 0 Å². The van der Waals surface area contributed by atoms with Crippen LogP contribution in [0.5, 0.6) is 0 Å². The minimum absolute atomic E-state index is 0.00317. The second-order valence-electron chi connectivity index (χ2n) is 6.28. The molecule has 0 saturated heterocycles. The second-order valence-corrected chi connectivity index (χ2v) is 7.15. The van der Waals surface area contributed by atoms with Crippen LogP contribution in [-0.2, 0) is 6.54 Å². The predicted octanol–water partition coefficient (Wildman–Crippen LogP) is 5.46. The van der Waals surface area contributed by atoms with Crippen LogP contribution in [0.2, 0.25) is 10.0 Å². The van der Waals surface area contributed by atoms with Crippen LogP contribution in [0.25, 0.3) is 11.0 Å². The normalized spacial score (nSPS) is 10.9. The van der Waals surface area contributed by atoms with E-state index in [1.807, 2.05) is 24.3 Å². The molecule has 0 bridgehead atoms. The maximum atomic E-state index is 13.1. The van der Waals surface area contributed by atoms with Crippen LogP contribution in [-0.4, -0.2) is 21.1 Å². The van der Waals surface area contributed by atoms with Crippen molar-refractivity contribution in [3.8, 4) is 0 Å². The van der Waals surface area contributed by atoms with Crippen molar-refractivity contribution in [1.82, 2.24) is 9.55 Å². The molecule has 1 aromatic heterocycles. The summed E-state index contributed by atoms with van der Waals surface area (Å²) < 4.78 is 1.66. The van der Waals surface area contributed by atoms with Gasteiger partial charge in [-0.3, -0.25) is 9.59 Å². The minimum Gasteiger partial charge on any atom is -0.313 e. The highest BCUT2D eigenvalue weighted by atomic mass is 35.5. The average molecular weight is 409 g/mol. The van der Waals surface area contributed by atoms with Gasteiger partial charge in [0.25, 0.3) is 0 Å². The Morgan fingerprint density at radius 3 is 2.00 bits per heavy atom. The number of hydrogen-bond donors (Lipinski definition) is 0. The fourth-order valence-electron chi connectivity index (χ4n) is 3.01. The first kappa shape index (κ1) is 18.4. The van der Waals surface area contributed by atoms with Crippen LogP contribution in [0.3, 0.4) is 0 Å². The molecule has 6 heteroatoms. The van der Waals surface area contributed by atoms with Crippen molar-refractivity contribution in [3.63, 3.8) is 0 Å². The van der Waals surface area contributed by atoms with Crippen LogP contribution in [0.1, 0.15) is 26.5 Å². The first-order valence-corrected chi connectivity index (χ1v) is 9.33. The summed E-state index contributed by atoms with van der Waals surface area (Å²) in [7, 11) is 0. The van der Waals surface area contributed by atoms with Crippen molar-refractivity contribution < 1.29 is 9.59 Å². The van der Waals surface area contributed by atoms with E-state index >= 15 is 0 Å². The predicted molar refractivity (Wildman–Crippen MR) is 110 cm³/mol. The molecule has 0 spiro atoms. The lowest BCUT2D eigenvalue weighted by Gasteiger charge is -2.08. The molecule has 0 fully saturated rings. The lowest BCUT2D eigenvalue weighted by atomic mass is 10.1. The summed E-state index contributed by atoms with van der Waals surface area (Å²) >= 11 is 11.8. The molecule has 3 aromatic carbocycles. The molecule has 0 aliphatic carbocycles. The molecule has 1 heterocycles. The standard InChI is InChI=1S/C22H14Cl2N2O2/c23-16-9-5-14(6-10-16)20(27)13-26-19-4-2-1-3-18(19)25-22(26)21(28)15-7-11-17(24)12-8-15/h1-12H,13H2. The molecule has 138 valence electrons. The van der Waals surface area contributed by atoms with Gasteiger partial charge in [-0.15, -0.1) is 0 Å². The van der Waals surface area contributed by atoms with Gasteiger partial charge in [0.15, 0.2) is 11.6 Å². The molecule has 0 amide bonds. The van der Waals surface area contributed by atoms with Crippen molar-refractivity contribution in [1.29, 1.82) is 0 Å². The van der Waals surface area contributed by atoms with Gasteiger partial charge in [-0.2, -0.15) is 0 Å². The zero-order chi connectivity index (χ0) is 19.7. The smallest absolute Gasteiger partial charge is 0.228 e. The number of benzene rings is 3. The summed E-state index contributed by atoms with van der Waals surface area (Å²) in [5.41, 5.74) is 2.36. The Morgan fingerprint density at radius 1 is 0.786 bits per heavy atom. The summed E-state index contributed by atoms with van der Waals surface area (Å²) in [6.45, 7) is -0.00317. The van der Waals surface area contributed by atoms with Gasteiger partial charge in [0.05, 0.1) is 17.6 Å². The van der Waals surface area contributed by atoms with Gasteiger partial charge < -0.3 is 4.57 Å². The van der Waals surface area contributed by atoms with E-state index in [0.717, 1.165) is 5.52 Å². The molecule has 4 rings (SSSR count). The van der Waals surface area contributed by atoms with Crippen LogP contribution >= 0.6 is 23.2 Å². The van der Waals surface area contributed by atoms with Gasteiger partial charge in [-0.25, -0.2) is 4.98 Å². The van der Waals surface area contributed by atoms with Crippen molar-refractivity contribution in [2.75, 3.05) is 0 Å². The molecule has 0 saturated carbocycles. The summed E-state index contributed by atoms with van der Waals surface area (Å²) in [6, 6.07) is 20.6. The average Bonchev–Trinajstić information content (AvgIpc) is 3.07. The van der Waals surface area contributed by atoms with Crippen LogP contribution in [0, 0.1) is 0 Å². The topological polar surface area (TPSA) is 52.0 Å². The first-order valence-electron chi connectivity index (χ1n) is 8.57. The monoisotopic (exact) mass is 408 g/mol. The molecule has 0 unspecified atom stereocenters. The van der Waals surface area contributed by atoms with Crippen LogP contribution in [0.4, 0.5) is 0 Å². The van der Waals surface area contributed by atoms with Crippen LogP contribution in [0.15, 0.2) is 72.8 Å². The van der Waals surface area contributed by atoms with Crippen molar-refractivity contribution in [2.24, 2.45) is 0 Å². The molecule has 0 atom stereocenters. The van der Waals surface area contributed by atoms with Crippen molar-refractivity contribution >= 4 is 45.8 Å². The lowest BCUT2D eigenvalue weighted by Crippen LogP contribution is -2.17. The van der Waals surface area contributed by atoms with E-state index in [0.29, 0.717) is 26.7 Å². The maximum Gasteiger partial charge on any atom is 0.228 e. The Labute approximate surface area is 171 Å². The maximum absolute atomic E-state index is 13.1. The number of hydrogen-bond acceptors (Lipinski definition) is 3. The molecular formula is C22H14Cl2N2O2. The molecule has 0 aliphatic heterocycles. The summed E-state index contributed by atoms with van der Waals surface area (Å²) in [5, 5.41) is 1.10. The fourth-order valence-corrected chi connectivity index (χ4v) is 3.26. The summed E-state index contributed by atoms with van der Waals surface area (Å²) in [5.74, 6) is -0.187. The number of carbonyl (C=O) groups excluding carboxylic acids is 2. The number of Topliss-reactive ketones (excluding diaryl/α,β-unsaturated/α-hetero) is 1. The number of carbonyl (C=O) groups is 2. The van der Waals surface area contributed by atoms with E-state index in [4.69, 9.17) is 23.2 Å². The number of para-hydroxylation sites is 2. The zero-order valence-electron chi connectivity index (χ0n) is 14.6. The van der Waals surface area contributed by atoms with Crippen molar-refractivity contribution in [2.45, 2.75) is 6.54 Å². The van der Waals surface area contributed by atoms with E-state index in [9.17, 15) is 9.59 Å². The SMILES string of the molecule is O=C(Cn1c(C(=O)c2ccc(Cl)cc2)nc2ccccc21)c1ccc(Cl)cc1. The highest BCUT2D eigenvalue weighted by Gasteiger charge is 2.21. The van der Waals surface area contributed by atoms with E-state index < -0.39 is 0 Å². The third-order valence-corrected chi connectivity index (χ3v) is 4.94. The van der Waals surface area contributed by atoms with Gasteiger partial charge >= 0.3 is 0 Å². The number of imidazole rings is 1. The Bertz CT molecular complexity index is 1180. The van der Waals surface area contributed by atoms with Crippen molar-refractivity contribution in [3.05, 3.63) is 99.8 Å². The van der Waals surface area contributed by atoms with E-state index in [1.54, 1.807) is 53.1 Å². The highest BCUT2D eigenvalue weighted by molar-refractivity contribution is 6.31. The second kappa shape index (κ2) is 7.58. The minimum atomic E-state index is -0.267. The molecule has 0 aliphatic rings. The number of nitrogens with zero attached hydrogens (tertiary/aromatic N) is 2. The van der Waals surface area contributed by atoms with Gasteiger partial charge in [0.2, 0.25) is 5.78 Å². The van der Waals surface area contributed by atoms with Gasteiger partial charge in [-0.1, -0.05) is 35.3 Å². The van der Waals surface area contributed by atoms with Crippen LogP contribution < -0.4 is 0 Å². The van der Waals surface area contributed by atoms with Gasteiger partial charge in [0, 0.05) is 21.2 Å². The van der Waals surface area contributed by atoms with E-state index in [-0.39, 0.29) is 23.9 Å². The number of fused-ring (bicyclic) bond motifs is 1. The van der Waals surface area contributed by atoms with Gasteiger partial charge in [-0.05, 0) is 60.7 Å². The third-order valence-electron chi connectivity index (χ3n) is 4.43. The molecule has 28 heavy (non-hydrogen) atoms. The summed E-state index contributed by atoms with van der Waals surface area (Å²) in [6.07, 6.45) is 0. The Hall–Kier alpha value is -2.95. The largest absolute Gasteiger partial charge is 0.313 e. The molecule has 4 aromatic rings. The Morgan fingerprint density at radius 2 is 1.36 bits per heavy atom. The number of halogens is 2. The Kier molecular flexibility index (Phi) is 4.99. The first-order chi connectivity index (χ1) is 13.5. The van der Waals surface area contributed by atoms with Gasteiger partial charge in [0.1, 0.15) is 0 Å².